The van der Waals surface area contributed by atoms with Gasteiger partial charge >= 0.3 is 0 Å². The molecule has 7 rings (SSSR count). The molecular formula is C36H28N6O2. The summed E-state index contributed by atoms with van der Waals surface area (Å²) in [6, 6.07) is 26.5. The number of hydrogen-bond acceptors (Lipinski definition) is 4. The molecule has 8 nitrogen and oxygen atoms in total. The summed E-state index contributed by atoms with van der Waals surface area (Å²) < 4.78 is 5.31. The molecule has 3 aromatic carbocycles. The predicted molar refractivity (Wildman–Crippen MR) is 172 cm³/mol. The second-order valence-corrected chi connectivity index (χ2v) is 10.8. The van der Waals surface area contributed by atoms with Gasteiger partial charge in [-0.3, -0.25) is 14.2 Å². The Morgan fingerprint density at radius 2 is 1.70 bits per heavy atom. The lowest BCUT2D eigenvalue weighted by molar-refractivity contribution is 0.0939. The number of hydrogen-bond donors (Lipinski definition) is 1. The summed E-state index contributed by atoms with van der Waals surface area (Å²) in [7, 11) is 2.00. The first kappa shape index (κ1) is 26.9. The molecule has 214 valence electrons. The van der Waals surface area contributed by atoms with Crippen LogP contribution < -0.4 is 10.9 Å². The number of amides is 1. The third kappa shape index (κ3) is 4.52. The summed E-state index contributed by atoms with van der Waals surface area (Å²) in [5, 5.41) is 9.85. The summed E-state index contributed by atoms with van der Waals surface area (Å²) in [4.78, 5) is 32.3. The smallest absolute Gasteiger partial charge is 0.264 e. The van der Waals surface area contributed by atoms with Crippen LogP contribution in [-0.2, 0) is 7.05 Å². The van der Waals surface area contributed by atoms with Crippen LogP contribution in [-0.4, -0.2) is 29.6 Å². The molecule has 0 unspecified atom stereocenters. The standard InChI is InChI=1S/C36H28N6O2/c1-23(38-35(43)32-24(2)39-41-20-10-19-37-34(32)41)31-21-26-12-9-11-25(33(26)36(44)42(31)28-13-5-4-6-14-28)17-18-27-22-40(3)30-16-8-7-15-29(27)30/h4-16,19-23H,1-3H3,(H,38,43)/t23-/m0/s1. The van der Waals surface area contributed by atoms with Crippen LogP contribution in [0.15, 0.2) is 108 Å². The second kappa shape index (κ2) is 10.7. The van der Waals surface area contributed by atoms with E-state index in [4.69, 9.17) is 0 Å². The fourth-order valence-corrected chi connectivity index (χ4v) is 5.83. The van der Waals surface area contributed by atoms with Crippen LogP contribution in [0.3, 0.4) is 0 Å². The number of pyridine rings is 1. The minimum absolute atomic E-state index is 0.207. The fourth-order valence-electron chi connectivity index (χ4n) is 5.83. The molecule has 1 atom stereocenters. The van der Waals surface area contributed by atoms with Crippen molar-refractivity contribution < 1.29 is 4.79 Å². The molecule has 0 fully saturated rings. The second-order valence-electron chi connectivity index (χ2n) is 10.8. The molecule has 4 aromatic heterocycles. The summed E-state index contributed by atoms with van der Waals surface area (Å²) >= 11 is 0. The molecule has 7 aromatic rings. The largest absolute Gasteiger partial charge is 0.349 e. The Balaban J connectivity index is 1.35. The van der Waals surface area contributed by atoms with Crippen molar-refractivity contribution in [3.05, 3.63) is 142 Å². The highest BCUT2D eigenvalue weighted by molar-refractivity contribution is 6.01. The van der Waals surface area contributed by atoms with Crippen LogP contribution in [0, 0.1) is 18.8 Å². The summed E-state index contributed by atoms with van der Waals surface area (Å²) in [5.74, 6) is 6.29. The Labute approximate surface area is 253 Å². The van der Waals surface area contributed by atoms with Crippen LogP contribution in [0.1, 0.15) is 45.8 Å². The molecule has 0 aliphatic carbocycles. The van der Waals surface area contributed by atoms with E-state index >= 15 is 0 Å². The van der Waals surface area contributed by atoms with Crippen LogP contribution >= 0.6 is 0 Å². The maximum absolute atomic E-state index is 14.4. The number of carbonyl (C=O) groups excluding carboxylic acids is 1. The summed E-state index contributed by atoms with van der Waals surface area (Å²) in [6.45, 7) is 3.65. The van der Waals surface area contributed by atoms with Crippen molar-refractivity contribution in [2.75, 3.05) is 0 Å². The van der Waals surface area contributed by atoms with E-state index in [1.54, 1.807) is 34.5 Å². The van der Waals surface area contributed by atoms with E-state index in [2.05, 4.69) is 43.9 Å². The van der Waals surface area contributed by atoms with Crippen molar-refractivity contribution >= 4 is 33.2 Å². The molecular weight excluding hydrogens is 548 g/mol. The van der Waals surface area contributed by atoms with Gasteiger partial charge in [0.1, 0.15) is 5.56 Å². The molecule has 0 aliphatic rings. The first-order chi connectivity index (χ1) is 21.4. The van der Waals surface area contributed by atoms with Gasteiger partial charge < -0.3 is 9.88 Å². The maximum atomic E-state index is 14.4. The van der Waals surface area contributed by atoms with E-state index in [1.807, 2.05) is 86.9 Å². The molecule has 44 heavy (non-hydrogen) atoms. The van der Waals surface area contributed by atoms with Gasteiger partial charge in [0.05, 0.1) is 22.7 Å². The molecule has 0 aliphatic heterocycles. The van der Waals surface area contributed by atoms with Crippen LogP contribution in [0.2, 0.25) is 0 Å². The van der Waals surface area contributed by atoms with Gasteiger partial charge in [-0.05, 0) is 55.6 Å². The minimum Gasteiger partial charge on any atom is -0.349 e. The van der Waals surface area contributed by atoms with Crippen molar-refractivity contribution in [1.29, 1.82) is 0 Å². The van der Waals surface area contributed by atoms with E-state index in [9.17, 15) is 9.59 Å². The number of para-hydroxylation sites is 2. The molecule has 1 amide bonds. The van der Waals surface area contributed by atoms with Gasteiger partial charge in [-0.1, -0.05) is 60.4 Å². The van der Waals surface area contributed by atoms with E-state index in [-0.39, 0.29) is 11.5 Å². The van der Waals surface area contributed by atoms with Gasteiger partial charge in [-0.25, -0.2) is 9.50 Å². The molecule has 1 N–H and O–H groups in total. The van der Waals surface area contributed by atoms with Gasteiger partial charge in [-0.15, -0.1) is 0 Å². The number of carbonyl (C=O) groups is 1. The van der Waals surface area contributed by atoms with Gasteiger partial charge in [0.25, 0.3) is 11.5 Å². The number of aryl methyl sites for hydroxylation is 2. The highest BCUT2D eigenvalue weighted by Crippen LogP contribution is 2.25. The van der Waals surface area contributed by atoms with Crippen LogP contribution in [0.5, 0.6) is 0 Å². The number of rotatable bonds is 4. The topological polar surface area (TPSA) is 86.2 Å². The predicted octanol–water partition coefficient (Wildman–Crippen LogP) is 5.72. The molecule has 0 saturated carbocycles. The molecule has 4 heterocycles. The van der Waals surface area contributed by atoms with Crippen molar-refractivity contribution in [2.24, 2.45) is 7.05 Å². The number of aromatic nitrogens is 5. The Bertz CT molecular complexity index is 2350. The SMILES string of the molecule is Cc1nn2cccnc2c1C(=O)N[C@@H](C)c1cc2cccc(C#Cc3cn(C)c4ccccc34)c2c(=O)n1-c1ccccc1. The van der Waals surface area contributed by atoms with E-state index in [1.165, 1.54) is 0 Å². The van der Waals surface area contributed by atoms with Crippen molar-refractivity contribution in [3.8, 4) is 17.5 Å². The molecule has 0 saturated heterocycles. The van der Waals surface area contributed by atoms with Gasteiger partial charge in [0, 0.05) is 53.5 Å². The highest BCUT2D eigenvalue weighted by atomic mass is 16.2. The normalized spacial score (nSPS) is 11.9. The van der Waals surface area contributed by atoms with Gasteiger partial charge in [-0.2, -0.15) is 5.10 Å². The lowest BCUT2D eigenvalue weighted by Crippen LogP contribution is -2.32. The van der Waals surface area contributed by atoms with Crippen molar-refractivity contribution in [1.82, 2.24) is 29.0 Å². The molecule has 8 heteroatoms. The average molecular weight is 577 g/mol. The van der Waals surface area contributed by atoms with Crippen LogP contribution in [0.25, 0.3) is 33.0 Å². The van der Waals surface area contributed by atoms with Crippen molar-refractivity contribution in [2.45, 2.75) is 19.9 Å². The third-order valence-electron chi connectivity index (χ3n) is 7.91. The van der Waals surface area contributed by atoms with E-state index < -0.39 is 6.04 Å². The number of nitrogens with zero attached hydrogens (tertiary/aromatic N) is 5. The van der Waals surface area contributed by atoms with Gasteiger partial charge in [0.15, 0.2) is 5.65 Å². The third-order valence-corrected chi connectivity index (χ3v) is 7.91. The van der Waals surface area contributed by atoms with E-state index in [0.29, 0.717) is 39.2 Å². The summed E-state index contributed by atoms with van der Waals surface area (Å²) in [6.07, 6.45) is 5.40. The van der Waals surface area contributed by atoms with Gasteiger partial charge in [0.2, 0.25) is 0 Å². The highest BCUT2D eigenvalue weighted by Gasteiger charge is 2.23. The number of fused-ring (bicyclic) bond motifs is 3. The lowest BCUT2D eigenvalue weighted by atomic mass is 10.0. The fraction of sp³-hybridized carbons (Fsp3) is 0.111. The monoisotopic (exact) mass is 576 g/mol. The van der Waals surface area contributed by atoms with Crippen LogP contribution in [0.4, 0.5) is 0 Å². The Hall–Kier alpha value is -5.94. The zero-order valence-electron chi connectivity index (χ0n) is 24.4. The zero-order chi connectivity index (χ0) is 30.4. The molecule has 0 spiro atoms. The molecule has 0 bridgehead atoms. The minimum atomic E-state index is -0.525. The maximum Gasteiger partial charge on any atom is 0.264 e. The van der Waals surface area contributed by atoms with Crippen molar-refractivity contribution in [3.63, 3.8) is 0 Å². The number of benzene rings is 3. The zero-order valence-corrected chi connectivity index (χ0v) is 24.4. The lowest BCUT2D eigenvalue weighted by Gasteiger charge is -2.21. The Morgan fingerprint density at radius 3 is 2.55 bits per heavy atom. The summed E-state index contributed by atoms with van der Waals surface area (Å²) in [5.41, 5.74) is 5.21. The number of nitrogens with one attached hydrogen (secondary N) is 1. The average Bonchev–Trinajstić information content (AvgIpc) is 3.55. The first-order valence-electron chi connectivity index (χ1n) is 14.3. The Morgan fingerprint density at radius 1 is 0.932 bits per heavy atom. The quantitative estimate of drug-likeness (QED) is 0.272. The van der Waals surface area contributed by atoms with E-state index in [0.717, 1.165) is 21.9 Å². The molecule has 0 radical (unpaired) electrons. The Kier molecular flexibility index (Phi) is 6.56. The first-order valence-corrected chi connectivity index (χ1v) is 14.3.